The van der Waals surface area contributed by atoms with E-state index in [1.165, 1.54) is 22.5 Å². The number of morpholine rings is 1. The van der Waals surface area contributed by atoms with E-state index >= 15 is 0 Å². The number of sulfonamides is 1. The fraction of sp³-hybridized carbons (Fsp3) is 0.739. The van der Waals surface area contributed by atoms with Gasteiger partial charge in [-0.3, -0.25) is 0 Å². The van der Waals surface area contributed by atoms with Crippen molar-refractivity contribution >= 4 is 21.4 Å². The number of anilines is 2. The molecule has 0 aliphatic carbocycles. The monoisotopic (exact) mass is 439 g/mol. The van der Waals surface area contributed by atoms with Crippen molar-refractivity contribution in [3.63, 3.8) is 0 Å². The highest BCUT2D eigenvalue weighted by molar-refractivity contribution is 7.90. The zero-order valence-corrected chi connectivity index (χ0v) is 20.7. The maximum atomic E-state index is 12.0. The highest BCUT2D eigenvalue weighted by Crippen LogP contribution is 2.30. The summed E-state index contributed by atoms with van der Waals surface area (Å²) in [5.41, 5.74) is 5.08. The van der Waals surface area contributed by atoms with Gasteiger partial charge in [-0.1, -0.05) is 6.42 Å². The van der Waals surface area contributed by atoms with Crippen LogP contribution in [0.3, 0.4) is 0 Å². The summed E-state index contributed by atoms with van der Waals surface area (Å²) in [5, 5.41) is 3.55. The first-order valence-electron chi connectivity index (χ1n) is 11.2. The lowest BCUT2D eigenvalue weighted by atomic mass is 10.0. The van der Waals surface area contributed by atoms with Crippen molar-refractivity contribution in [2.24, 2.45) is 0 Å². The second-order valence-electron chi connectivity index (χ2n) is 9.54. The Morgan fingerprint density at radius 3 is 2.20 bits per heavy atom. The number of nitrogens with zero attached hydrogens (tertiary/aromatic N) is 1. The molecule has 2 N–H and O–H groups in total. The number of rotatable bonds is 9. The maximum Gasteiger partial charge on any atom is 0.216 e. The van der Waals surface area contributed by atoms with E-state index in [9.17, 15) is 8.42 Å². The highest BCUT2D eigenvalue weighted by Gasteiger charge is 2.28. The Morgan fingerprint density at radius 2 is 1.60 bits per heavy atom. The Balaban J connectivity index is 1.79. The summed E-state index contributed by atoms with van der Waals surface area (Å²) in [6.45, 7) is 17.0. The molecule has 1 saturated heterocycles. The number of unbranched alkanes of at least 4 members (excludes halogenated alkanes) is 2. The maximum absolute atomic E-state index is 12.0. The normalized spacial score (nSPS) is 20.4. The van der Waals surface area contributed by atoms with Gasteiger partial charge in [-0.15, -0.1) is 0 Å². The third-order valence-electron chi connectivity index (χ3n) is 5.79. The van der Waals surface area contributed by atoms with Crippen LogP contribution in [0, 0.1) is 13.8 Å². The number of benzene rings is 1. The quantitative estimate of drug-likeness (QED) is 0.564. The minimum Gasteiger partial charge on any atom is -0.385 e. The van der Waals surface area contributed by atoms with Crippen LogP contribution in [0.2, 0.25) is 0 Å². The van der Waals surface area contributed by atoms with E-state index in [4.69, 9.17) is 4.74 Å². The Hall–Kier alpha value is -1.31. The fourth-order valence-electron chi connectivity index (χ4n) is 3.79. The van der Waals surface area contributed by atoms with Gasteiger partial charge in [0.2, 0.25) is 10.0 Å². The molecule has 30 heavy (non-hydrogen) atoms. The van der Waals surface area contributed by atoms with Gasteiger partial charge in [0.1, 0.15) is 0 Å². The van der Waals surface area contributed by atoms with Gasteiger partial charge in [-0.2, -0.15) is 0 Å². The van der Waals surface area contributed by atoms with Crippen molar-refractivity contribution in [2.75, 3.05) is 36.4 Å². The first-order valence-corrected chi connectivity index (χ1v) is 12.6. The second-order valence-corrected chi connectivity index (χ2v) is 12.1. The largest absolute Gasteiger partial charge is 0.385 e. The van der Waals surface area contributed by atoms with Crippen LogP contribution in [0.4, 0.5) is 11.4 Å². The van der Waals surface area contributed by atoms with Crippen molar-refractivity contribution in [1.29, 1.82) is 0 Å². The van der Waals surface area contributed by atoms with E-state index < -0.39 is 14.8 Å². The first kappa shape index (κ1) is 25.0. The van der Waals surface area contributed by atoms with Gasteiger partial charge in [0.05, 0.1) is 17.0 Å². The molecule has 0 saturated carbocycles. The van der Waals surface area contributed by atoms with E-state index in [2.05, 4.69) is 54.8 Å². The third kappa shape index (κ3) is 6.59. The molecule has 2 unspecified atom stereocenters. The van der Waals surface area contributed by atoms with Crippen LogP contribution >= 0.6 is 0 Å². The van der Waals surface area contributed by atoms with E-state index in [1.807, 2.05) is 0 Å². The van der Waals surface area contributed by atoms with Crippen LogP contribution in [0.15, 0.2) is 12.1 Å². The summed E-state index contributed by atoms with van der Waals surface area (Å²) in [5.74, 6) is 0. The minimum atomic E-state index is -3.24. The van der Waals surface area contributed by atoms with Gasteiger partial charge in [0, 0.05) is 37.6 Å². The van der Waals surface area contributed by atoms with E-state index in [0.29, 0.717) is 6.54 Å². The van der Waals surface area contributed by atoms with E-state index in [-0.39, 0.29) is 12.2 Å². The summed E-state index contributed by atoms with van der Waals surface area (Å²) in [4.78, 5) is 2.43. The lowest BCUT2D eigenvalue weighted by Crippen LogP contribution is -2.45. The summed E-state index contributed by atoms with van der Waals surface area (Å²) in [7, 11) is -3.24. The highest BCUT2D eigenvalue weighted by atomic mass is 32.2. The predicted octanol–water partition coefficient (Wildman–Crippen LogP) is 4.22. The molecule has 0 spiro atoms. The smallest absolute Gasteiger partial charge is 0.216 e. The van der Waals surface area contributed by atoms with Crippen LogP contribution in [0.25, 0.3) is 0 Å². The zero-order valence-electron chi connectivity index (χ0n) is 19.8. The van der Waals surface area contributed by atoms with Crippen molar-refractivity contribution in [2.45, 2.75) is 84.7 Å². The molecular formula is C23H41N3O3S. The molecule has 2 rings (SSSR count). The third-order valence-corrected chi connectivity index (χ3v) is 7.98. The van der Waals surface area contributed by atoms with Crippen LogP contribution in [0.5, 0.6) is 0 Å². The SMILES string of the molecule is Cc1c(NCCCCCNS(=O)(=O)C(C)(C)C)ccc(N2CC(C)OC(C)C2)c1C. The molecule has 0 bridgehead atoms. The Labute approximate surface area is 183 Å². The summed E-state index contributed by atoms with van der Waals surface area (Å²) >= 11 is 0. The summed E-state index contributed by atoms with van der Waals surface area (Å²) < 4.78 is 31.9. The topological polar surface area (TPSA) is 70.7 Å². The van der Waals surface area contributed by atoms with Gasteiger partial charge >= 0.3 is 0 Å². The number of hydrogen-bond donors (Lipinski definition) is 2. The summed E-state index contributed by atoms with van der Waals surface area (Å²) in [6.07, 6.45) is 3.34. The van der Waals surface area contributed by atoms with Gasteiger partial charge in [0.25, 0.3) is 0 Å². The van der Waals surface area contributed by atoms with Gasteiger partial charge < -0.3 is 15.0 Å². The average molecular weight is 440 g/mol. The predicted molar refractivity (Wildman–Crippen MR) is 127 cm³/mol. The molecule has 1 aromatic carbocycles. The van der Waals surface area contributed by atoms with Gasteiger partial charge in [0.15, 0.2) is 0 Å². The first-order chi connectivity index (χ1) is 13.9. The van der Waals surface area contributed by atoms with E-state index in [1.54, 1.807) is 20.8 Å². The molecule has 1 aromatic rings. The Bertz CT molecular complexity index is 793. The van der Waals surface area contributed by atoms with Crippen molar-refractivity contribution in [3.8, 4) is 0 Å². The van der Waals surface area contributed by atoms with Crippen LogP contribution in [-0.4, -0.2) is 51.6 Å². The van der Waals surface area contributed by atoms with Crippen LogP contribution < -0.4 is 14.9 Å². The minimum absolute atomic E-state index is 0.249. The van der Waals surface area contributed by atoms with Crippen LogP contribution in [-0.2, 0) is 14.8 Å². The Kier molecular flexibility index (Phi) is 8.60. The van der Waals surface area contributed by atoms with Crippen molar-refractivity contribution in [3.05, 3.63) is 23.3 Å². The molecule has 6 nitrogen and oxygen atoms in total. The lowest BCUT2D eigenvalue weighted by molar-refractivity contribution is -0.00524. The lowest BCUT2D eigenvalue weighted by Gasteiger charge is -2.38. The standard InChI is InChI=1S/C23H41N3O3S/c1-17-15-26(16-18(2)29-17)22-12-11-21(19(3)20(22)4)24-13-9-8-10-14-25-30(27,28)23(5,6)7/h11-12,17-18,24-25H,8-10,13-16H2,1-7H3. The second kappa shape index (κ2) is 10.3. The van der Waals surface area contributed by atoms with E-state index in [0.717, 1.165) is 38.9 Å². The molecule has 1 aliphatic heterocycles. The van der Waals surface area contributed by atoms with Crippen molar-refractivity contribution < 1.29 is 13.2 Å². The molecule has 7 heteroatoms. The van der Waals surface area contributed by atoms with Crippen LogP contribution in [0.1, 0.15) is 65.0 Å². The molecular weight excluding hydrogens is 398 g/mol. The van der Waals surface area contributed by atoms with Gasteiger partial charge in [-0.25, -0.2) is 13.1 Å². The fourth-order valence-corrected chi connectivity index (χ4v) is 4.63. The number of hydrogen-bond acceptors (Lipinski definition) is 5. The molecule has 0 aromatic heterocycles. The molecule has 0 radical (unpaired) electrons. The summed E-state index contributed by atoms with van der Waals surface area (Å²) in [6, 6.07) is 4.40. The molecule has 1 aliphatic rings. The zero-order chi connectivity index (χ0) is 22.5. The van der Waals surface area contributed by atoms with Crippen molar-refractivity contribution in [1.82, 2.24) is 4.72 Å². The molecule has 0 amide bonds. The Morgan fingerprint density at radius 1 is 1.00 bits per heavy atom. The molecule has 2 atom stereocenters. The number of ether oxygens (including phenoxy) is 1. The average Bonchev–Trinajstić information content (AvgIpc) is 2.62. The van der Waals surface area contributed by atoms with Gasteiger partial charge in [-0.05, 0) is 84.6 Å². The molecule has 1 heterocycles. The molecule has 1 fully saturated rings. The number of nitrogens with one attached hydrogen (secondary N) is 2. The molecule has 172 valence electrons.